The number of aryl methyl sites for hydroxylation is 1. The fraction of sp³-hybridized carbons (Fsp3) is 0.263. The lowest BCUT2D eigenvalue weighted by Crippen LogP contribution is -2.40. The van der Waals surface area contributed by atoms with Crippen LogP contribution in [-0.2, 0) is 14.8 Å². The van der Waals surface area contributed by atoms with Gasteiger partial charge in [-0.3, -0.25) is 4.79 Å². The number of nitrogens with one attached hydrogen (secondary N) is 1. The molecule has 0 aliphatic carbocycles. The van der Waals surface area contributed by atoms with E-state index < -0.39 is 15.9 Å². The number of tetrazole rings is 1. The molecule has 1 aliphatic heterocycles. The number of carbonyl (C=O) groups is 1. The van der Waals surface area contributed by atoms with E-state index in [4.69, 9.17) is 4.74 Å². The Morgan fingerprint density at radius 3 is 2.63 bits per heavy atom. The number of sulfonamides is 1. The number of aromatic nitrogens is 4. The highest BCUT2D eigenvalue weighted by Gasteiger charge is 2.28. The smallest absolute Gasteiger partial charge is 0.257 e. The second-order valence-corrected chi connectivity index (χ2v) is 8.63. The minimum Gasteiger partial charge on any atom is -0.379 e. The molecule has 1 saturated heterocycles. The Labute approximate surface area is 173 Å². The van der Waals surface area contributed by atoms with Crippen molar-refractivity contribution in [2.75, 3.05) is 31.6 Å². The Balaban J connectivity index is 1.62. The average Bonchev–Trinajstić information content (AvgIpc) is 3.30. The number of hydrogen-bond acceptors (Lipinski definition) is 7. The normalized spacial score (nSPS) is 15.1. The number of morpholine rings is 1. The van der Waals surface area contributed by atoms with Gasteiger partial charge >= 0.3 is 0 Å². The Hall–Kier alpha value is -3.15. The molecule has 1 N–H and O–H groups in total. The molecule has 0 bridgehead atoms. The van der Waals surface area contributed by atoms with Gasteiger partial charge in [-0.15, -0.1) is 5.10 Å². The molecule has 0 unspecified atom stereocenters. The van der Waals surface area contributed by atoms with Gasteiger partial charge in [0.25, 0.3) is 5.91 Å². The summed E-state index contributed by atoms with van der Waals surface area (Å²) in [5.41, 5.74) is 1.84. The molecule has 2 aromatic carbocycles. The number of anilines is 1. The summed E-state index contributed by atoms with van der Waals surface area (Å²) in [6.07, 6.45) is 1.39. The van der Waals surface area contributed by atoms with Crippen molar-refractivity contribution in [1.29, 1.82) is 0 Å². The topological polar surface area (TPSA) is 119 Å². The van der Waals surface area contributed by atoms with Crippen molar-refractivity contribution in [1.82, 2.24) is 24.5 Å². The zero-order valence-electron chi connectivity index (χ0n) is 16.2. The van der Waals surface area contributed by atoms with E-state index in [1.54, 1.807) is 43.3 Å². The van der Waals surface area contributed by atoms with Crippen LogP contribution in [-0.4, -0.2) is 65.1 Å². The van der Waals surface area contributed by atoms with Crippen molar-refractivity contribution in [3.8, 4) is 5.69 Å². The van der Waals surface area contributed by atoms with Crippen molar-refractivity contribution in [3.63, 3.8) is 0 Å². The summed E-state index contributed by atoms with van der Waals surface area (Å²) < 4.78 is 34.2. The van der Waals surface area contributed by atoms with Gasteiger partial charge in [-0.2, -0.15) is 8.99 Å². The second-order valence-electron chi connectivity index (χ2n) is 6.72. The van der Waals surface area contributed by atoms with Crippen LogP contribution >= 0.6 is 0 Å². The fourth-order valence-corrected chi connectivity index (χ4v) is 4.88. The first kappa shape index (κ1) is 20.1. The lowest BCUT2D eigenvalue weighted by atomic mass is 10.1. The van der Waals surface area contributed by atoms with E-state index in [0.717, 1.165) is 0 Å². The van der Waals surface area contributed by atoms with Crippen LogP contribution in [0.15, 0.2) is 53.7 Å². The molecule has 2 heterocycles. The molecule has 0 atom stereocenters. The Morgan fingerprint density at radius 2 is 1.90 bits per heavy atom. The molecule has 156 valence electrons. The summed E-state index contributed by atoms with van der Waals surface area (Å²) in [4.78, 5) is 13.1. The van der Waals surface area contributed by atoms with E-state index in [-0.39, 0.29) is 4.90 Å². The van der Waals surface area contributed by atoms with Gasteiger partial charge in [-0.1, -0.05) is 18.2 Å². The van der Waals surface area contributed by atoms with Gasteiger partial charge in [0.15, 0.2) is 0 Å². The fourth-order valence-electron chi connectivity index (χ4n) is 3.22. The molecule has 10 nitrogen and oxygen atoms in total. The van der Waals surface area contributed by atoms with Gasteiger partial charge in [0, 0.05) is 18.8 Å². The van der Waals surface area contributed by atoms with E-state index in [9.17, 15) is 13.2 Å². The van der Waals surface area contributed by atoms with Crippen LogP contribution in [0.3, 0.4) is 0 Å². The van der Waals surface area contributed by atoms with Crippen LogP contribution < -0.4 is 5.32 Å². The van der Waals surface area contributed by atoms with Gasteiger partial charge in [0.2, 0.25) is 10.0 Å². The number of benzene rings is 2. The van der Waals surface area contributed by atoms with Crippen LogP contribution in [0.5, 0.6) is 0 Å². The summed E-state index contributed by atoms with van der Waals surface area (Å²) >= 11 is 0. The van der Waals surface area contributed by atoms with Gasteiger partial charge in [-0.25, -0.2) is 8.42 Å². The molecule has 0 radical (unpaired) electrons. The van der Waals surface area contributed by atoms with Crippen LogP contribution in [0, 0.1) is 6.92 Å². The first-order valence-corrected chi connectivity index (χ1v) is 10.7. The number of ether oxygens (including phenoxy) is 1. The molecule has 3 aromatic rings. The van der Waals surface area contributed by atoms with Gasteiger partial charge in [0.1, 0.15) is 6.33 Å². The largest absolute Gasteiger partial charge is 0.379 e. The minimum absolute atomic E-state index is 0.163. The molecule has 1 amide bonds. The third-order valence-electron chi connectivity index (χ3n) is 4.78. The van der Waals surface area contributed by atoms with Gasteiger partial charge in [-0.05, 0) is 47.2 Å². The molecule has 1 aromatic heterocycles. The quantitative estimate of drug-likeness (QED) is 0.649. The summed E-state index contributed by atoms with van der Waals surface area (Å²) in [5, 5.41) is 13.8. The first-order chi connectivity index (χ1) is 14.5. The molecule has 0 spiro atoms. The summed E-state index contributed by atoms with van der Waals surface area (Å²) in [6.45, 7) is 3.06. The Kier molecular flexibility index (Phi) is 5.57. The van der Waals surface area contributed by atoms with Crippen molar-refractivity contribution < 1.29 is 17.9 Å². The number of nitrogens with zero attached hydrogens (tertiary/aromatic N) is 5. The predicted molar refractivity (Wildman–Crippen MR) is 108 cm³/mol. The highest BCUT2D eigenvalue weighted by Crippen LogP contribution is 2.25. The van der Waals surface area contributed by atoms with E-state index in [0.29, 0.717) is 48.8 Å². The maximum Gasteiger partial charge on any atom is 0.257 e. The third-order valence-corrected chi connectivity index (χ3v) is 6.82. The van der Waals surface area contributed by atoms with Crippen molar-refractivity contribution in [2.24, 2.45) is 0 Å². The van der Waals surface area contributed by atoms with Gasteiger partial charge < -0.3 is 10.1 Å². The maximum absolute atomic E-state index is 13.1. The van der Waals surface area contributed by atoms with Crippen LogP contribution in [0.25, 0.3) is 5.69 Å². The summed E-state index contributed by atoms with van der Waals surface area (Å²) in [5.74, 6) is -0.403. The molecule has 11 heteroatoms. The summed E-state index contributed by atoms with van der Waals surface area (Å²) in [6, 6.07) is 11.7. The van der Waals surface area contributed by atoms with E-state index >= 15 is 0 Å². The molecule has 1 aliphatic rings. The van der Waals surface area contributed by atoms with Crippen LogP contribution in [0.4, 0.5) is 5.69 Å². The average molecular weight is 428 g/mol. The Bertz CT molecular complexity index is 1160. The minimum atomic E-state index is -3.69. The van der Waals surface area contributed by atoms with Crippen LogP contribution in [0.2, 0.25) is 0 Å². The van der Waals surface area contributed by atoms with E-state index in [2.05, 4.69) is 20.8 Å². The van der Waals surface area contributed by atoms with Crippen molar-refractivity contribution in [2.45, 2.75) is 11.8 Å². The second kappa shape index (κ2) is 8.30. The predicted octanol–water partition coefficient (Wildman–Crippen LogP) is 1.24. The standard InChI is InChI=1S/C19H20N6O4S/c1-14-6-7-15(12-18(14)30(27,28)24-8-10-29-11-9-24)21-19(26)16-4-2-3-5-17(16)25-13-20-22-23-25/h2-7,12-13H,8-11H2,1H3,(H,21,26). The first-order valence-electron chi connectivity index (χ1n) is 9.29. The lowest BCUT2D eigenvalue weighted by Gasteiger charge is -2.26. The zero-order chi connectivity index (χ0) is 21.1. The number of carbonyl (C=O) groups excluding carboxylic acids is 1. The lowest BCUT2D eigenvalue weighted by molar-refractivity contribution is 0.0730. The van der Waals surface area contributed by atoms with E-state index in [1.165, 1.54) is 21.4 Å². The molecule has 30 heavy (non-hydrogen) atoms. The Morgan fingerprint density at radius 1 is 1.13 bits per heavy atom. The van der Waals surface area contributed by atoms with Gasteiger partial charge in [0.05, 0.1) is 29.4 Å². The van der Waals surface area contributed by atoms with Crippen molar-refractivity contribution >= 4 is 21.6 Å². The highest BCUT2D eigenvalue weighted by molar-refractivity contribution is 7.89. The number of rotatable bonds is 5. The molecule has 1 fully saturated rings. The monoisotopic (exact) mass is 428 g/mol. The van der Waals surface area contributed by atoms with E-state index in [1.807, 2.05) is 0 Å². The molecular weight excluding hydrogens is 408 g/mol. The maximum atomic E-state index is 13.1. The summed E-state index contributed by atoms with van der Waals surface area (Å²) in [7, 11) is -3.69. The zero-order valence-corrected chi connectivity index (χ0v) is 17.0. The number of amides is 1. The highest BCUT2D eigenvalue weighted by atomic mass is 32.2. The SMILES string of the molecule is Cc1ccc(NC(=O)c2ccccc2-n2cnnn2)cc1S(=O)(=O)N1CCOCC1. The molecule has 4 rings (SSSR count). The third kappa shape index (κ3) is 3.95. The van der Waals surface area contributed by atoms with Crippen LogP contribution in [0.1, 0.15) is 15.9 Å². The molecule has 0 saturated carbocycles. The number of hydrogen-bond donors (Lipinski definition) is 1. The number of para-hydroxylation sites is 1. The molecular formula is C19H20N6O4S. The van der Waals surface area contributed by atoms with Crippen molar-refractivity contribution in [3.05, 3.63) is 59.9 Å².